The van der Waals surface area contributed by atoms with E-state index in [0.29, 0.717) is 23.2 Å². The molecule has 1 aromatic rings. The van der Waals surface area contributed by atoms with Gasteiger partial charge in [-0.1, -0.05) is 0 Å². The first-order valence-corrected chi connectivity index (χ1v) is 6.89. The van der Waals surface area contributed by atoms with E-state index in [1.807, 2.05) is 0 Å². The van der Waals surface area contributed by atoms with Gasteiger partial charge in [0, 0.05) is 18.1 Å². The Labute approximate surface area is 124 Å². The van der Waals surface area contributed by atoms with Gasteiger partial charge in [0.15, 0.2) is 0 Å². The van der Waals surface area contributed by atoms with Crippen molar-refractivity contribution < 1.29 is 18.7 Å². The molecule has 1 saturated heterocycles. The van der Waals surface area contributed by atoms with Crippen molar-refractivity contribution in [2.45, 2.75) is 6.04 Å². The number of nitrogens with zero attached hydrogens (tertiary/aromatic N) is 1. The van der Waals surface area contributed by atoms with Crippen LogP contribution in [0.15, 0.2) is 22.7 Å². The first-order valence-electron chi connectivity index (χ1n) is 6.10. The lowest BCUT2D eigenvalue weighted by atomic mass is 10.1. The molecule has 108 valence electrons. The van der Waals surface area contributed by atoms with Crippen LogP contribution in [0.5, 0.6) is 0 Å². The van der Waals surface area contributed by atoms with Crippen LogP contribution in [0, 0.1) is 5.82 Å². The van der Waals surface area contributed by atoms with E-state index < -0.39 is 11.9 Å². The highest BCUT2D eigenvalue weighted by atomic mass is 79.9. The van der Waals surface area contributed by atoms with Crippen LogP contribution in [0.25, 0.3) is 0 Å². The molecule has 5 nitrogen and oxygen atoms in total. The van der Waals surface area contributed by atoms with Gasteiger partial charge >= 0.3 is 0 Å². The molecular formula is C13H14BrFN2O3. The van der Waals surface area contributed by atoms with Gasteiger partial charge in [0.05, 0.1) is 18.8 Å². The lowest BCUT2D eigenvalue weighted by Crippen LogP contribution is -2.55. The van der Waals surface area contributed by atoms with Crippen molar-refractivity contribution in [2.75, 3.05) is 26.8 Å². The normalized spacial score (nSPS) is 18.8. The molecule has 1 fully saturated rings. The van der Waals surface area contributed by atoms with Crippen molar-refractivity contribution in [3.8, 4) is 0 Å². The number of morpholine rings is 1. The number of ether oxygens (including phenoxy) is 1. The van der Waals surface area contributed by atoms with Crippen LogP contribution in [-0.2, 0) is 9.53 Å². The summed E-state index contributed by atoms with van der Waals surface area (Å²) in [4.78, 5) is 25.7. The summed E-state index contributed by atoms with van der Waals surface area (Å²) in [6, 6.07) is 3.17. The molecule has 0 aliphatic carbocycles. The zero-order valence-electron chi connectivity index (χ0n) is 10.9. The lowest BCUT2D eigenvalue weighted by molar-refractivity contribution is -0.130. The number of carbonyl (C=O) groups excluding carboxylic acids is 2. The molecular weight excluding hydrogens is 331 g/mol. The van der Waals surface area contributed by atoms with Crippen molar-refractivity contribution >= 4 is 27.7 Å². The summed E-state index contributed by atoms with van der Waals surface area (Å²) in [7, 11) is 1.51. The molecule has 1 heterocycles. The van der Waals surface area contributed by atoms with E-state index in [4.69, 9.17) is 4.74 Å². The summed E-state index contributed by atoms with van der Waals surface area (Å²) in [6.07, 6.45) is 0. The molecule has 0 radical (unpaired) electrons. The quantitative estimate of drug-likeness (QED) is 0.876. The minimum Gasteiger partial charge on any atom is -0.377 e. The van der Waals surface area contributed by atoms with Crippen LogP contribution in [-0.4, -0.2) is 49.6 Å². The van der Waals surface area contributed by atoms with Crippen LogP contribution in [0.2, 0.25) is 0 Å². The maximum atomic E-state index is 13.1. The van der Waals surface area contributed by atoms with Crippen molar-refractivity contribution in [2.24, 2.45) is 0 Å². The Hall–Kier alpha value is -1.47. The standard InChI is InChI=1S/C13H14BrFN2O3/c1-16-12(18)11-7-20-5-4-17(11)13(19)9-3-2-8(15)6-10(9)14/h2-3,6,11H,4-5,7H2,1H3,(H,16,18). The molecule has 2 rings (SSSR count). The number of hydrogen-bond acceptors (Lipinski definition) is 3. The third kappa shape index (κ3) is 2.99. The maximum Gasteiger partial charge on any atom is 0.255 e. The minimum absolute atomic E-state index is 0.157. The number of halogens is 2. The predicted octanol–water partition coefficient (Wildman–Crippen LogP) is 1.18. The van der Waals surface area contributed by atoms with Crippen LogP contribution in [0.1, 0.15) is 10.4 Å². The highest BCUT2D eigenvalue weighted by Gasteiger charge is 2.33. The zero-order valence-corrected chi connectivity index (χ0v) is 12.4. The molecule has 1 unspecified atom stereocenters. The van der Waals surface area contributed by atoms with Crippen molar-refractivity contribution in [1.82, 2.24) is 10.2 Å². The van der Waals surface area contributed by atoms with Gasteiger partial charge in [0.1, 0.15) is 11.9 Å². The smallest absolute Gasteiger partial charge is 0.255 e. The largest absolute Gasteiger partial charge is 0.377 e. The van der Waals surface area contributed by atoms with Gasteiger partial charge in [0.25, 0.3) is 5.91 Å². The molecule has 2 amide bonds. The molecule has 1 aromatic carbocycles. The van der Waals surface area contributed by atoms with Gasteiger partial charge in [-0.3, -0.25) is 9.59 Å². The first-order chi connectivity index (χ1) is 9.54. The highest BCUT2D eigenvalue weighted by Crippen LogP contribution is 2.21. The summed E-state index contributed by atoms with van der Waals surface area (Å²) < 4.78 is 18.7. The molecule has 0 saturated carbocycles. The van der Waals surface area contributed by atoms with Gasteiger partial charge in [-0.05, 0) is 34.1 Å². The van der Waals surface area contributed by atoms with E-state index >= 15 is 0 Å². The Balaban J connectivity index is 2.27. The Morgan fingerprint density at radius 1 is 1.50 bits per heavy atom. The Morgan fingerprint density at radius 3 is 2.90 bits per heavy atom. The molecule has 1 aliphatic heterocycles. The third-order valence-electron chi connectivity index (χ3n) is 3.10. The summed E-state index contributed by atoms with van der Waals surface area (Å²) in [5.41, 5.74) is 0.321. The third-order valence-corrected chi connectivity index (χ3v) is 3.76. The van der Waals surface area contributed by atoms with E-state index in [-0.39, 0.29) is 18.4 Å². The fourth-order valence-corrected chi connectivity index (χ4v) is 2.57. The number of benzene rings is 1. The molecule has 1 aliphatic rings. The second-order valence-corrected chi connectivity index (χ2v) is 5.18. The fraction of sp³-hybridized carbons (Fsp3) is 0.385. The second-order valence-electron chi connectivity index (χ2n) is 4.33. The van der Waals surface area contributed by atoms with Gasteiger partial charge in [-0.15, -0.1) is 0 Å². The Bertz CT molecular complexity index is 538. The SMILES string of the molecule is CNC(=O)C1COCCN1C(=O)c1ccc(F)cc1Br. The highest BCUT2D eigenvalue weighted by molar-refractivity contribution is 9.10. The fourth-order valence-electron chi connectivity index (χ4n) is 2.05. The topological polar surface area (TPSA) is 58.6 Å². The number of hydrogen-bond donors (Lipinski definition) is 1. The van der Waals surface area contributed by atoms with Crippen molar-refractivity contribution in [1.29, 1.82) is 0 Å². The maximum absolute atomic E-state index is 13.1. The number of amides is 2. The average molecular weight is 345 g/mol. The summed E-state index contributed by atoms with van der Waals surface area (Å²) in [6.45, 7) is 0.850. The summed E-state index contributed by atoms with van der Waals surface area (Å²) in [5, 5.41) is 2.51. The number of nitrogens with one attached hydrogen (secondary N) is 1. The van der Waals surface area contributed by atoms with Crippen molar-refractivity contribution in [3.05, 3.63) is 34.1 Å². The number of rotatable bonds is 2. The molecule has 7 heteroatoms. The van der Waals surface area contributed by atoms with Gasteiger partial charge < -0.3 is 15.0 Å². The van der Waals surface area contributed by atoms with E-state index in [9.17, 15) is 14.0 Å². The van der Waals surface area contributed by atoms with Crippen molar-refractivity contribution in [3.63, 3.8) is 0 Å². The first kappa shape index (κ1) is 14.9. The summed E-state index contributed by atoms with van der Waals surface area (Å²) >= 11 is 3.17. The summed E-state index contributed by atoms with van der Waals surface area (Å²) in [5.74, 6) is -1.04. The molecule has 20 heavy (non-hydrogen) atoms. The lowest BCUT2D eigenvalue weighted by Gasteiger charge is -2.34. The van der Waals surface area contributed by atoms with E-state index in [2.05, 4.69) is 21.2 Å². The molecule has 1 atom stereocenters. The molecule has 1 N–H and O–H groups in total. The van der Waals surface area contributed by atoms with Crippen LogP contribution in [0.4, 0.5) is 4.39 Å². The van der Waals surface area contributed by atoms with Crippen LogP contribution < -0.4 is 5.32 Å². The van der Waals surface area contributed by atoms with Gasteiger partial charge in [-0.2, -0.15) is 0 Å². The minimum atomic E-state index is -0.668. The molecule has 0 spiro atoms. The van der Waals surface area contributed by atoms with E-state index in [0.717, 1.165) is 0 Å². The van der Waals surface area contributed by atoms with Gasteiger partial charge in [0.2, 0.25) is 5.91 Å². The predicted molar refractivity (Wildman–Crippen MR) is 73.8 cm³/mol. The van der Waals surface area contributed by atoms with E-state index in [1.165, 1.54) is 30.1 Å². The number of carbonyl (C=O) groups is 2. The van der Waals surface area contributed by atoms with Gasteiger partial charge in [-0.25, -0.2) is 4.39 Å². The van der Waals surface area contributed by atoms with Crippen LogP contribution >= 0.6 is 15.9 Å². The molecule has 0 aromatic heterocycles. The van der Waals surface area contributed by atoms with Crippen LogP contribution in [0.3, 0.4) is 0 Å². The number of likely N-dealkylation sites (N-methyl/N-ethyl adjacent to an activating group) is 1. The average Bonchev–Trinajstić information content (AvgIpc) is 2.46. The van der Waals surface area contributed by atoms with E-state index in [1.54, 1.807) is 0 Å². The molecule has 0 bridgehead atoms. The Morgan fingerprint density at radius 2 is 2.25 bits per heavy atom. The zero-order chi connectivity index (χ0) is 14.7. The Kier molecular flexibility index (Phi) is 4.72. The second kappa shape index (κ2) is 6.32. The monoisotopic (exact) mass is 344 g/mol.